The zero-order chi connectivity index (χ0) is 22.2. The number of carbonyl (C=O) groups excluding carboxylic acids is 3. The molecule has 3 rings (SSSR count). The van der Waals surface area contributed by atoms with Crippen LogP contribution in [0.25, 0.3) is 0 Å². The molecule has 1 saturated carbocycles. The zero-order valence-electron chi connectivity index (χ0n) is 17.7. The number of rotatable bonds is 8. The second kappa shape index (κ2) is 11.2. The van der Waals surface area contributed by atoms with Crippen LogP contribution >= 0.6 is 15.9 Å². The van der Waals surface area contributed by atoms with E-state index in [1.54, 1.807) is 24.3 Å². The van der Waals surface area contributed by atoms with Gasteiger partial charge in [0, 0.05) is 22.4 Å². The lowest BCUT2D eigenvalue weighted by molar-refractivity contribution is -0.147. The monoisotopic (exact) mass is 485 g/mol. The van der Waals surface area contributed by atoms with Crippen molar-refractivity contribution in [2.45, 2.75) is 45.1 Å². The van der Waals surface area contributed by atoms with Crippen molar-refractivity contribution < 1.29 is 19.1 Å². The van der Waals surface area contributed by atoms with E-state index in [2.05, 4.69) is 28.2 Å². The maximum atomic E-state index is 12.8. The minimum absolute atomic E-state index is 0.0772. The highest BCUT2D eigenvalue weighted by atomic mass is 79.9. The number of benzene rings is 2. The SMILES string of the molecule is CC1CCC(C(=O)NC(Cc2ccccc2)C(=O)OCC(=O)c2ccc(Br)cc2)CC1. The third kappa shape index (κ3) is 7.03. The first-order chi connectivity index (χ1) is 14.9. The summed E-state index contributed by atoms with van der Waals surface area (Å²) in [6, 6.07) is 15.5. The number of ether oxygens (including phenoxy) is 1. The van der Waals surface area contributed by atoms with Gasteiger partial charge in [0.05, 0.1) is 0 Å². The van der Waals surface area contributed by atoms with E-state index in [1.165, 1.54) is 0 Å². The average Bonchev–Trinajstić information content (AvgIpc) is 2.78. The molecular formula is C25H28BrNO4. The summed E-state index contributed by atoms with van der Waals surface area (Å²) in [5.41, 5.74) is 1.39. The second-order valence-corrected chi connectivity index (χ2v) is 9.16. The first-order valence-corrected chi connectivity index (χ1v) is 11.5. The van der Waals surface area contributed by atoms with Gasteiger partial charge in [-0.25, -0.2) is 4.79 Å². The number of nitrogens with one attached hydrogen (secondary N) is 1. The summed E-state index contributed by atoms with van der Waals surface area (Å²) in [6.45, 7) is 1.84. The number of carbonyl (C=O) groups is 3. The van der Waals surface area contributed by atoms with Gasteiger partial charge in [-0.05, 0) is 49.3 Å². The molecule has 1 N–H and O–H groups in total. The van der Waals surface area contributed by atoms with Crippen LogP contribution in [-0.4, -0.2) is 30.3 Å². The van der Waals surface area contributed by atoms with E-state index in [0.717, 1.165) is 35.7 Å². The number of hydrogen-bond donors (Lipinski definition) is 1. The van der Waals surface area contributed by atoms with Gasteiger partial charge in [-0.2, -0.15) is 0 Å². The number of Topliss-reactive ketones (excluding diaryl/α,β-unsaturated/α-hetero) is 1. The minimum Gasteiger partial charge on any atom is -0.456 e. The predicted molar refractivity (Wildman–Crippen MR) is 123 cm³/mol. The number of ketones is 1. The van der Waals surface area contributed by atoms with Crippen LogP contribution < -0.4 is 5.32 Å². The Morgan fingerprint density at radius 2 is 1.65 bits per heavy atom. The van der Waals surface area contributed by atoms with Crippen LogP contribution in [0, 0.1) is 11.8 Å². The van der Waals surface area contributed by atoms with Gasteiger partial charge in [0.25, 0.3) is 0 Å². The van der Waals surface area contributed by atoms with Crippen LogP contribution in [0.15, 0.2) is 59.1 Å². The van der Waals surface area contributed by atoms with Gasteiger partial charge in [0.2, 0.25) is 5.91 Å². The van der Waals surface area contributed by atoms with Crippen molar-refractivity contribution in [2.75, 3.05) is 6.61 Å². The molecule has 1 amide bonds. The molecule has 0 radical (unpaired) electrons. The van der Waals surface area contributed by atoms with Crippen LogP contribution in [0.4, 0.5) is 0 Å². The van der Waals surface area contributed by atoms with Gasteiger partial charge < -0.3 is 10.1 Å². The van der Waals surface area contributed by atoms with Gasteiger partial charge in [-0.3, -0.25) is 9.59 Å². The van der Waals surface area contributed by atoms with Crippen molar-refractivity contribution in [3.63, 3.8) is 0 Å². The van der Waals surface area contributed by atoms with E-state index in [0.29, 0.717) is 17.9 Å². The molecule has 0 aliphatic heterocycles. The highest BCUT2D eigenvalue weighted by Crippen LogP contribution is 2.28. The number of hydrogen-bond acceptors (Lipinski definition) is 4. The summed E-state index contributed by atoms with van der Waals surface area (Å²) in [5.74, 6) is -0.423. The molecule has 0 aromatic heterocycles. The normalized spacial score (nSPS) is 19.3. The maximum Gasteiger partial charge on any atom is 0.329 e. The molecule has 1 aliphatic carbocycles. The Balaban J connectivity index is 1.63. The highest BCUT2D eigenvalue weighted by Gasteiger charge is 2.29. The molecule has 5 nitrogen and oxygen atoms in total. The van der Waals surface area contributed by atoms with Gasteiger partial charge in [-0.1, -0.05) is 65.3 Å². The van der Waals surface area contributed by atoms with E-state index in [1.807, 2.05) is 30.3 Å². The Bertz CT molecular complexity index is 889. The van der Waals surface area contributed by atoms with Crippen molar-refractivity contribution >= 4 is 33.6 Å². The average molecular weight is 486 g/mol. The van der Waals surface area contributed by atoms with Crippen molar-refractivity contribution in [2.24, 2.45) is 11.8 Å². The number of esters is 1. The lowest BCUT2D eigenvalue weighted by atomic mass is 9.82. The number of halogens is 1. The molecule has 0 bridgehead atoms. The third-order valence-corrected chi connectivity index (χ3v) is 6.31. The molecule has 31 heavy (non-hydrogen) atoms. The number of amides is 1. The quantitative estimate of drug-likeness (QED) is 0.433. The van der Waals surface area contributed by atoms with E-state index in [4.69, 9.17) is 4.74 Å². The summed E-state index contributed by atoms with van der Waals surface area (Å²) < 4.78 is 6.18. The van der Waals surface area contributed by atoms with Crippen LogP contribution in [0.3, 0.4) is 0 Å². The molecule has 1 aliphatic rings. The van der Waals surface area contributed by atoms with Gasteiger partial charge >= 0.3 is 5.97 Å². The van der Waals surface area contributed by atoms with Crippen LogP contribution in [0.1, 0.15) is 48.5 Å². The molecule has 0 saturated heterocycles. The Morgan fingerprint density at radius 1 is 1.00 bits per heavy atom. The maximum absolute atomic E-state index is 12.8. The molecule has 1 atom stereocenters. The summed E-state index contributed by atoms with van der Waals surface area (Å²) in [4.78, 5) is 38.0. The van der Waals surface area contributed by atoms with Crippen molar-refractivity contribution in [3.8, 4) is 0 Å². The highest BCUT2D eigenvalue weighted by molar-refractivity contribution is 9.10. The van der Waals surface area contributed by atoms with Crippen molar-refractivity contribution in [3.05, 3.63) is 70.2 Å². The second-order valence-electron chi connectivity index (χ2n) is 8.25. The lowest BCUT2D eigenvalue weighted by Gasteiger charge is -2.27. The molecule has 1 unspecified atom stereocenters. The topological polar surface area (TPSA) is 72.5 Å². The fraction of sp³-hybridized carbons (Fsp3) is 0.400. The van der Waals surface area contributed by atoms with Gasteiger partial charge in [-0.15, -0.1) is 0 Å². The summed E-state index contributed by atoms with van der Waals surface area (Å²) >= 11 is 3.33. The molecule has 2 aromatic rings. The fourth-order valence-electron chi connectivity index (χ4n) is 3.81. The lowest BCUT2D eigenvalue weighted by Crippen LogP contribution is -2.46. The molecule has 1 fully saturated rings. The Labute approximate surface area is 191 Å². The summed E-state index contributed by atoms with van der Waals surface area (Å²) in [6.07, 6.45) is 4.03. The Hall–Kier alpha value is -2.47. The Kier molecular flexibility index (Phi) is 8.41. The zero-order valence-corrected chi connectivity index (χ0v) is 19.3. The molecular weight excluding hydrogens is 458 g/mol. The largest absolute Gasteiger partial charge is 0.456 e. The summed E-state index contributed by atoms with van der Waals surface area (Å²) in [5, 5.41) is 2.89. The predicted octanol–water partition coefficient (Wildman–Crippen LogP) is 4.73. The molecule has 0 heterocycles. The first kappa shape index (κ1) is 23.2. The fourth-order valence-corrected chi connectivity index (χ4v) is 4.08. The smallest absolute Gasteiger partial charge is 0.329 e. The third-order valence-electron chi connectivity index (χ3n) is 5.78. The minimum atomic E-state index is -0.827. The van der Waals surface area contributed by atoms with Crippen LogP contribution in [0.2, 0.25) is 0 Å². The van der Waals surface area contributed by atoms with Crippen molar-refractivity contribution in [1.82, 2.24) is 5.32 Å². The standard InChI is InChI=1S/C25H28BrNO4/c1-17-7-9-20(10-8-17)24(29)27-22(15-18-5-3-2-4-6-18)25(30)31-16-23(28)19-11-13-21(26)14-12-19/h2-6,11-14,17,20,22H,7-10,15-16H2,1H3,(H,27,29). The van der Waals surface area contributed by atoms with E-state index < -0.39 is 12.0 Å². The first-order valence-electron chi connectivity index (χ1n) is 10.7. The van der Waals surface area contributed by atoms with Crippen LogP contribution in [0.5, 0.6) is 0 Å². The van der Waals surface area contributed by atoms with E-state index in [-0.39, 0.29) is 24.2 Å². The van der Waals surface area contributed by atoms with Crippen LogP contribution in [-0.2, 0) is 20.7 Å². The Morgan fingerprint density at radius 3 is 2.29 bits per heavy atom. The van der Waals surface area contributed by atoms with Gasteiger partial charge in [0.15, 0.2) is 12.4 Å². The molecule has 0 spiro atoms. The van der Waals surface area contributed by atoms with E-state index in [9.17, 15) is 14.4 Å². The molecule has 6 heteroatoms. The molecule has 164 valence electrons. The summed E-state index contributed by atoms with van der Waals surface area (Å²) in [7, 11) is 0. The van der Waals surface area contributed by atoms with Gasteiger partial charge in [0.1, 0.15) is 6.04 Å². The van der Waals surface area contributed by atoms with Crippen molar-refractivity contribution in [1.29, 1.82) is 0 Å². The van der Waals surface area contributed by atoms with E-state index >= 15 is 0 Å². The molecule has 2 aromatic carbocycles.